The Morgan fingerprint density at radius 3 is 2.47 bits per heavy atom. The highest BCUT2D eigenvalue weighted by molar-refractivity contribution is 6.06. The largest absolute Gasteiger partial charge is 0.392 e. The molecule has 9 heteroatoms. The molecular formula is C23H25F3N2O4. The van der Waals surface area contributed by atoms with Gasteiger partial charge in [-0.25, -0.2) is 0 Å². The number of rotatable bonds is 5. The van der Waals surface area contributed by atoms with Gasteiger partial charge in [0.2, 0.25) is 11.8 Å². The molecule has 2 heterocycles. The van der Waals surface area contributed by atoms with Crippen LogP contribution < -0.4 is 5.32 Å². The topological polar surface area (TPSA) is 83.6 Å². The van der Waals surface area contributed by atoms with Crippen LogP contribution in [0.4, 0.5) is 13.2 Å². The number of hydrogen-bond acceptors (Lipinski definition) is 4. The standard InChI is InChI=1S/C23H25F3N2O4/c24-23(25,26)17(13-4-2-1-3-5-13)11-19(29)14-6-7-16-15(10-14)12-28(22(16)32)18-8-9-20(30)27-21(18)31/h6-7,10,13,17-18H,1-5,8-9,11-12H2,(H,27,30,31). The summed E-state index contributed by atoms with van der Waals surface area (Å²) in [7, 11) is 0. The number of halogens is 3. The number of nitrogens with one attached hydrogen (secondary N) is 1. The molecule has 3 amide bonds. The number of carbonyl (C=O) groups is 4. The van der Waals surface area contributed by atoms with E-state index in [1.807, 2.05) is 0 Å². The normalized spacial score (nSPS) is 23.2. The molecule has 1 saturated carbocycles. The van der Waals surface area contributed by atoms with Gasteiger partial charge in [-0.1, -0.05) is 25.3 Å². The van der Waals surface area contributed by atoms with Gasteiger partial charge in [0.15, 0.2) is 5.78 Å². The molecule has 0 aromatic heterocycles. The second kappa shape index (κ2) is 8.67. The van der Waals surface area contributed by atoms with Crippen molar-refractivity contribution in [3.8, 4) is 0 Å². The minimum Gasteiger partial charge on any atom is -0.322 e. The maximum Gasteiger partial charge on any atom is 0.392 e. The minimum absolute atomic E-state index is 0.0763. The molecule has 0 radical (unpaired) electrons. The van der Waals surface area contributed by atoms with Crippen molar-refractivity contribution in [1.29, 1.82) is 0 Å². The van der Waals surface area contributed by atoms with E-state index in [9.17, 15) is 32.3 Å². The first-order chi connectivity index (χ1) is 15.1. The van der Waals surface area contributed by atoms with Gasteiger partial charge in [0.1, 0.15) is 6.04 Å². The van der Waals surface area contributed by atoms with Crippen molar-refractivity contribution in [2.24, 2.45) is 11.8 Å². The number of imide groups is 1. The van der Waals surface area contributed by atoms with Gasteiger partial charge in [-0.2, -0.15) is 13.2 Å². The number of Topliss-reactive ketones (excluding diaryl/α,β-unsaturated/α-hetero) is 1. The van der Waals surface area contributed by atoms with Crippen molar-refractivity contribution in [2.45, 2.75) is 70.1 Å². The third kappa shape index (κ3) is 4.42. The zero-order chi connectivity index (χ0) is 23.0. The van der Waals surface area contributed by atoms with Gasteiger partial charge in [0.05, 0.1) is 5.92 Å². The molecule has 1 aliphatic carbocycles. The number of nitrogens with zero attached hydrogens (tertiary/aromatic N) is 1. The van der Waals surface area contributed by atoms with Crippen LogP contribution in [0.2, 0.25) is 0 Å². The maximum atomic E-state index is 13.7. The Bertz CT molecular complexity index is 953. The number of amides is 3. The van der Waals surface area contributed by atoms with Crippen LogP contribution in [0.25, 0.3) is 0 Å². The lowest BCUT2D eigenvalue weighted by Crippen LogP contribution is -2.52. The fourth-order valence-electron chi connectivity index (χ4n) is 5.15. The van der Waals surface area contributed by atoms with Crippen LogP contribution in [0, 0.1) is 11.8 Å². The maximum absolute atomic E-state index is 13.7. The number of piperidine rings is 1. The van der Waals surface area contributed by atoms with Crippen LogP contribution >= 0.6 is 0 Å². The van der Waals surface area contributed by atoms with Crippen molar-refractivity contribution in [3.05, 3.63) is 34.9 Å². The van der Waals surface area contributed by atoms with Crippen LogP contribution in [-0.2, 0) is 16.1 Å². The molecule has 2 fully saturated rings. The summed E-state index contributed by atoms with van der Waals surface area (Å²) < 4.78 is 41.1. The molecule has 1 N–H and O–H groups in total. The Kier molecular flexibility index (Phi) is 6.09. The van der Waals surface area contributed by atoms with Crippen molar-refractivity contribution in [1.82, 2.24) is 10.2 Å². The van der Waals surface area contributed by atoms with E-state index in [-0.39, 0.29) is 36.8 Å². The van der Waals surface area contributed by atoms with Gasteiger partial charge in [0, 0.05) is 30.5 Å². The van der Waals surface area contributed by atoms with Gasteiger partial charge in [0.25, 0.3) is 5.91 Å². The second-order valence-corrected chi connectivity index (χ2v) is 8.95. The van der Waals surface area contributed by atoms with Crippen LogP contribution in [0.15, 0.2) is 18.2 Å². The number of ketones is 1. The molecule has 2 unspecified atom stereocenters. The Balaban J connectivity index is 1.50. The van der Waals surface area contributed by atoms with Crippen molar-refractivity contribution >= 4 is 23.5 Å². The smallest absolute Gasteiger partial charge is 0.322 e. The first-order valence-corrected chi connectivity index (χ1v) is 11.0. The Morgan fingerprint density at radius 1 is 1.09 bits per heavy atom. The molecule has 2 aliphatic heterocycles. The van der Waals surface area contributed by atoms with Gasteiger partial charge >= 0.3 is 6.18 Å². The SMILES string of the molecule is O=C1CCC(N2Cc3cc(C(=O)CC(C4CCCCC4)C(F)(F)F)ccc3C2=O)C(=O)N1. The molecule has 0 bridgehead atoms. The molecule has 1 aromatic carbocycles. The molecule has 6 nitrogen and oxygen atoms in total. The van der Waals surface area contributed by atoms with E-state index in [2.05, 4.69) is 5.32 Å². The van der Waals surface area contributed by atoms with Crippen LogP contribution in [0.3, 0.4) is 0 Å². The van der Waals surface area contributed by atoms with Gasteiger partial charge < -0.3 is 4.90 Å². The summed E-state index contributed by atoms with van der Waals surface area (Å²) in [6, 6.07) is 3.52. The van der Waals surface area contributed by atoms with E-state index in [1.54, 1.807) is 0 Å². The van der Waals surface area contributed by atoms with Crippen molar-refractivity contribution in [2.75, 3.05) is 0 Å². The molecule has 1 aromatic rings. The summed E-state index contributed by atoms with van der Waals surface area (Å²) in [5, 5.41) is 2.22. The minimum atomic E-state index is -4.44. The van der Waals surface area contributed by atoms with Gasteiger partial charge in [-0.15, -0.1) is 0 Å². The van der Waals surface area contributed by atoms with E-state index in [0.29, 0.717) is 24.0 Å². The molecule has 4 rings (SSSR count). The number of benzene rings is 1. The monoisotopic (exact) mass is 450 g/mol. The highest BCUT2D eigenvalue weighted by Crippen LogP contribution is 2.42. The number of carbonyl (C=O) groups excluding carboxylic acids is 4. The summed E-state index contributed by atoms with van der Waals surface area (Å²) in [6.45, 7) is 0.0763. The van der Waals surface area contributed by atoms with Crippen LogP contribution in [0.5, 0.6) is 0 Å². The van der Waals surface area contributed by atoms with E-state index in [1.165, 1.54) is 23.1 Å². The summed E-state index contributed by atoms with van der Waals surface area (Å²) in [5.41, 5.74) is 0.976. The van der Waals surface area contributed by atoms with E-state index < -0.39 is 42.2 Å². The average molecular weight is 450 g/mol. The van der Waals surface area contributed by atoms with Gasteiger partial charge in [-0.05, 0) is 42.9 Å². The fraction of sp³-hybridized carbons (Fsp3) is 0.565. The number of alkyl halides is 3. The Hall–Kier alpha value is -2.71. The van der Waals surface area contributed by atoms with Crippen molar-refractivity contribution < 1.29 is 32.3 Å². The van der Waals surface area contributed by atoms with E-state index in [0.717, 1.165) is 19.3 Å². The quantitative estimate of drug-likeness (QED) is 0.547. The Morgan fingerprint density at radius 2 is 1.81 bits per heavy atom. The van der Waals surface area contributed by atoms with Crippen molar-refractivity contribution in [3.63, 3.8) is 0 Å². The summed E-state index contributed by atoms with van der Waals surface area (Å²) in [5.74, 6) is -4.10. The molecule has 172 valence electrons. The average Bonchev–Trinajstić information content (AvgIpc) is 3.07. The van der Waals surface area contributed by atoms with E-state index in [4.69, 9.17) is 0 Å². The lowest BCUT2D eigenvalue weighted by molar-refractivity contribution is -0.190. The highest BCUT2D eigenvalue weighted by Gasteiger charge is 2.46. The molecule has 2 atom stereocenters. The number of hydrogen-bond donors (Lipinski definition) is 1. The summed E-state index contributed by atoms with van der Waals surface area (Å²) >= 11 is 0. The lowest BCUT2D eigenvalue weighted by Gasteiger charge is -2.31. The third-order valence-electron chi connectivity index (χ3n) is 6.89. The molecule has 1 saturated heterocycles. The summed E-state index contributed by atoms with van der Waals surface area (Å²) in [6.07, 6.45) is -1.30. The zero-order valence-electron chi connectivity index (χ0n) is 17.5. The third-order valence-corrected chi connectivity index (χ3v) is 6.89. The predicted molar refractivity (Wildman–Crippen MR) is 108 cm³/mol. The summed E-state index contributed by atoms with van der Waals surface area (Å²) in [4.78, 5) is 50.4. The van der Waals surface area contributed by atoms with Gasteiger partial charge in [-0.3, -0.25) is 24.5 Å². The molecule has 32 heavy (non-hydrogen) atoms. The zero-order valence-corrected chi connectivity index (χ0v) is 17.5. The molecule has 3 aliphatic rings. The highest BCUT2D eigenvalue weighted by atomic mass is 19.4. The predicted octanol–water partition coefficient (Wildman–Crippen LogP) is 3.78. The number of fused-ring (bicyclic) bond motifs is 1. The van der Waals surface area contributed by atoms with Crippen LogP contribution in [-0.4, -0.2) is 40.6 Å². The second-order valence-electron chi connectivity index (χ2n) is 8.95. The Labute approximate surface area is 183 Å². The molecular weight excluding hydrogens is 425 g/mol. The molecule has 0 spiro atoms. The first-order valence-electron chi connectivity index (χ1n) is 11.0. The first kappa shape index (κ1) is 22.5. The van der Waals surface area contributed by atoms with E-state index >= 15 is 0 Å². The van der Waals surface area contributed by atoms with Crippen LogP contribution in [0.1, 0.15) is 77.6 Å². The lowest BCUT2D eigenvalue weighted by atomic mass is 9.77. The fourth-order valence-corrected chi connectivity index (χ4v) is 5.15.